The third kappa shape index (κ3) is 5.17. The molecule has 1 aliphatic heterocycles. The zero-order chi connectivity index (χ0) is 21.0. The lowest BCUT2D eigenvalue weighted by atomic mass is 10.1. The molecule has 2 aromatic rings. The number of anilines is 1. The average molecular weight is 419 g/mol. The summed E-state index contributed by atoms with van der Waals surface area (Å²) in [5.41, 5.74) is 0.687. The molecule has 10 heteroatoms. The lowest BCUT2D eigenvalue weighted by Gasteiger charge is -2.14. The van der Waals surface area contributed by atoms with Crippen LogP contribution in [0.25, 0.3) is 0 Å². The van der Waals surface area contributed by atoms with Gasteiger partial charge in [0.15, 0.2) is 0 Å². The van der Waals surface area contributed by atoms with Gasteiger partial charge in [-0.05, 0) is 43.5 Å². The Morgan fingerprint density at radius 2 is 2.07 bits per heavy atom. The molecule has 9 nitrogen and oxygen atoms in total. The van der Waals surface area contributed by atoms with Gasteiger partial charge < -0.3 is 10.1 Å². The minimum Gasteiger partial charge on any atom is -0.377 e. The number of nitro benzene ring substituents is 1. The fourth-order valence-corrected chi connectivity index (χ4v) is 4.35. The molecule has 0 radical (unpaired) electrons. The van der Waals surface area contributed by atoms with Crippen LogP contribution in [0.3, 0.4) is 0 Å². The summed E-state index contributed by atoms with van der Waals surface area (Å²) in [6.45, 7) is 2.48. The highest BCUT2D eigenvalue weighted by molar-refractivity contribution is 7.89. The minimum absolute atomic E-state index is 0.0485. The molecule has 0 saturated carbocycles. The van der Waals surface area contributed by atoms with E-state index in [9.17, 15) is 23.3 Å². The van der Waals surface area contributed by atoms with E-state index in [1.165, 1.54) is 24.3 Å². The first-order valence-corrected chi connectivity index (χ1v) is 10.5. The summed E-state index contributed by atoms with van der Waals surface area (Å²) in [5, 5.41) is 13.5. The van der Waals surface area contributed by atoms with Gasteiger partial charge in [-0.2, -0.15) is 0 Å². The zero-order valence-electron chi connectivity index (χ0n) is 15.8. The summed E-state index contributed by atoms with van der Waals surface area (Å²) in [4.78, 5) is 22.8. The number of hydrogen-bond acceptors (Lipinski definition) is 6. The number of benzene rings is 2. The molecule has 0 aliphatic carbocycles. The molecule has 154 valence electrons. The van der Waals surface area contributed by atoms with Crippen LogP contribution in [0.15, 0.2) is 47.4 Å². The van der Waals surface area contributed by atoms with Crippen LogP contribution in [0.5, 0.6) is 0 Å². The van der Waals surface area contributed by atoms with E-state index >= 15 is 0 Å². The topological polar surface area (TPSA) is 128 Å². The molecule has 1 amide bonds. The zero-order valence-corrected chi connectivity index (χ0v) is 16.6. The molecule has 0 unspecified atom stereocenters. The number of hydrogen-bond donors (Lipinski definition) is 2. The monoisotopic (exact) mass is 419 g/mol. The summed E-state index contributed by atoms with van der Waals surface area (Å²) in [6, 6.07) is 9.82. The lowest BCUT2D eigenvalue weighted by molar-refractivity contribution is -0.384. The summed E-state index contributed by atoms with van der Waals surface area (Å²) in [5.74, 6) is -0.576. The van der Waals surface area contributed by atoms with E-state index in [1.54, 1.807) is 19.1 Å². The van der Waals surface area contributed by atoms with Crippen LogP contribution in [0.1, 0.15) is 28.8 Å². The van der Waals surface area contributed by atoms with Crippen LogP contribution < -0.4 is 10.0 Å². The average Bonchev–Trinajstić information content (AvgIpc) is 3.21. The maximum atomic E-state index is 12.7. The van der Waals surface area contributed by atoms with Gasteiger partial charge in [0, 0.05) is 36.5 Å². The van der Waals surface area contributed by atoms with E-state index in [-0.39, 0.29) is 34.5 Å². The molecule has 3 rings (SSSR count). The maximum Gasteiger partial charge on any atom is 0.270 e. The Bertz CT molecular complexity index is 1030. The van der Waals surface area contributed by atoms with Crippen molar-refractivity contribution in [3.05, 3.63) is 63.7 Å². The highest BCUT2D eigenvalue weighted by atomic mass is 32.2. The Labute approximate surface area is 168 Å². The summed E-state index contributed by atoms with van der Waals surface area (Å²) in [6.07, 6.45) is 1.58. The van der Waals surface area contributed by atoms with Crippen LogP contribution in [0.4, 0.5) is 11.4 Å². The van der Waals surface area contributed by atoms with Crippen molar-refractivity contribution >= 4 is 27.3 Å². The fourth-order valence-electron chi connectivity index (χ4n) is 3.02. The quantitative estimate of drug-likeness (QED) is 0.524. The second-order valence-corrected chi connectivity index (χ2v) is 8.46. The van der Waals surface area contributed by atoms with E-state index in [1.807, 2.05) is 0 Å². The predicted octanol–water partition coefficient (Wildman–Crippen LogP) is 2.61. The number of nitro groups is 1. The van der Waals surface area contributed by atoms with Gasteiger partial charge in [-0.15, -0.1) is 0 Å². The molecular weight excluding hydrogens is 398 g/mol. The van der Waals surface area contributed by atoms with E-state index in [0.29, 0.717) is 12.2 Å². The Morgan fingerprint density at radius 1 is 1.28 bits per heavy atom. The van der Waals surface area contributed by atoms with E-state index in [0.717, 1.165) is 18.9 Å². The Kier molecular flexibility index (Phi) is 6.26. The summed E-state index contributed by atoms with van der Waals surface area (Å²) in [7, 11) is -3.79. The number of rotatable bonds is 7. The largest absolute Gasteiger partial charge is 0.377 e. The molecule has 2 aromatic carbocycles. The summed E-state index contributed by atoms with van der Waals surface area (Å²) < 4.78 is 33.4. The van der Waals surface area contributed by atoms with Gasteiger partial charge in [0.2, 0.25) is 10.0 Å². The lowest BCUT2D eigenvalue weighted by Crippen LogP contribution is -2.32. The number of ether oxygens (including phenoxy) is 1. The van der Waals surface area contributed by atoms with Gasteiger partial charge in [0.05, 0.1) is 15.9 Å². The molecule has 1 aliphatic rings. The normalized spacial score (nSPS) is 16.5. The van der Waals surface area contributed by atoms with Crippen LogP contribution in [0, 0.1) is 17.0 Å². The number of nitrogens with zero attached hydrogens (tertiary/aromatic N) is 1. The highest BCUT2D eigenvalue weighted by Crippen LogP contribution is 2.22. The van der Waals surface area contributed by atoms with Gasteiger partial charge in [-0.1, -0.05) is 12.1 Å². The van der Waals surface area contributed by atoms with Crippen LogP contribution in [-0.4, -0.2) is 38.5 Å². The van der Waals surface area contributed by atoms with Crippen molar-refractivity contribution in [1.82, 2.24) is 4.72 Å². The number of sulfonamides is 1. The number of non-ortho nitro benzene ring substituents is 1. The molecular formula is C19H21N3O6S. The fraction of sp³-hybridized carbons (Fsp3) is 0.316. The molecule has 0 bridgehead atoms. The van der Waals surface area contributed by atoms with Crippen molar-refractivity contribution in [2.45, 2.75) is 30.8 Å². The van der Waals surface area contributed by atoms with Gasteiger partial charge >= 0.3 is 0 Å². The first-order valence-electron chi connectivity index (χ1n) is 9.04. The third-order valence-electron chi connectivity index (χ3n) is 4.58. The van der Waals surface area contributed by atoms with E-state index in [4.69, 9.17) is 4.74 Å². The maximum absolute atomic E-state index is 12.7. The highest BCUT2D eigenvalue weighted by Gasteiger charge is 2.22. The number of carbonyl (C=O) groups is 1. The molecule has 0 aromatic heterocycles. The molecule has 1 fully saturated rings. The van der Waals surface area contributed by atoms with E-state index in [2.05, 4.69) is 10.0 Å². The first-order chi connectivity index (χ1) is 13.8. The number of aryl methyl sites for hydroxylation is 1. The predicted molar refractivity (Wildman–Crippen MR) is 106 cm³/mol. The number of amides is 1. The molecule has 1 saturated heterocycles. The number of carbonyl (C=O) groups excluding carboxylic acids is 1. The first kappa shape index (κ1) is 20.9. The molecule has 2 N–H and O–H groups in total. The smallest absolute Gasteiger partial charge is 0.270 e. The van der Waals surface area contributed by atoms with Crippen molar-refractivity contribution in [3.8, 4) is 0 Å². The van der Waals surface area contributed by atoms with Crippen molar-refractivity contribution in [3.63, 3.8) is 0 Å². The SMILES string of the molecule is Cc1ccc(NC(=O)c2cccc([N+](=O)[O-])c2)cc1S(=O)(=O)NC[C@@H]1CCCO1. The molecule has 29 heavy (non-hydrogen) atoms. The molecule has 1 atom stereocenters. The van der Waals surface area contributed by atoms with Gasteiger partial charge in [0.1, 0.15) is 0 Å². The molecule has 0 spiro atoms. The standard InChI is InChI=1S/C19H21N3O6S/c1-13-7-8-15(21-19(23)14-4-2-5-16(10-14)22(24)25)11-18(13)29(26,27)20-12-17-6-3-9-28-17/h2,4-5,7-8,10-11,17,20H,3,6,9,12H2,1H3,(H,21,23)/t17-/m0/s1. The van der Waals surface area contributed by atoms with Crippen molar-refractivity contribution in [1.29, 1.82) is 0 Å². The van der Waals surface area contributed by atoms with Crippen LogP contribution in [-0.2, 0) is 14.8 Å². The van der Waals surface area contributed by atoms with Crippen molar-refractivity contribution in [2.75, 3.05) is 18.5 Å². The second-order valence-electron chi connectivity index (χ2n) is 6.73. The Morgan fingerprint density at radius 3 is 2.76 bits per heavy atom. The minimum atomic E-state index is -3.79. The third-order valence-corrected chi connectivity index (χ3v) is 6.15. The Hall–Kier alpha value is -2.82. The van der Waals surface area contributed by atoms with Crippen molar-refractivity contribution < 1.29 is 22.9 Å². The van der Waals surface area contributed by atoms with Crippen LogP contribution >= 0.6 is 0 Å². The van der Waals surface area contributed by atoms with E-state index < -0.39 is 20.9 Å². The second kappa shape index (κ2) is 8.68. The van der Waals surface area contributed by atoms with Crippen molar-refractivity contribution in [2.24, 2.45) is 0 Å². The number of nitrogens with one attached hydrogen (secondary N) is 2. The van der Waals surface area contributed by atoms with Crippen LogP contribution in [0.2, 0.25) is 0 Å². The van der Waals surface area contributed by atoms with Gasteiger partial charge in [0.25, 0.3) is 11.6 Å². The molecule has 1 heterocycles. The van der Waals surface area contributed by atoms with Gasteiger partial charge in [-0.3, -0.25) is 14.9 Å². The van der Waals surface area contributed by atoms with Gasteiger partial charge in [-0.25, -0.2) is 13.1 Å². The summed E-state index contributed by atoms with van der Waals surface area (Å²) >= 11 is 0. The Balaban J connectivity index is 1.76.